The van der Waals surface area contributed by atoms with Gasteiger partial charge in [0.05, 0.1) is 0 Å². The molecule has 0 radical (unpaired) electrons. The first-order valence-corrected chi connectivity index (χ1v) is 8.27. The van der Waals surface area contributed by atoms with E-state index in [0.29, 0.717) is 13.1 Å². The number of amides is 1. The Morgan fingerprint density at radius 3 is 2.29 bits per heavy atom. The maximum atomic E-state index is 12.1. The van der Waals surface area contributed by atoms with Gasteiger partial charge < -0.3 is 19.6 Å². The van der Waals surface area contributed by atoms with Gasteiger partial charge in [0, 0.05) is 31.9 Å². The lowest BCUT2D eigenvalue weighted by atomic mass is 10.1. The number of carbonyl (C=O) groups excluding carboxylic acids is 1. The maximum absolute atomic E-state index is 12.1. The quantitative estimate of drug-likeness (QED) is 0.869. The highest BCUT2D eigenvalue weighted by molar-refractivity contribution is 5.87. The SMILES string of the molecule is CC(C)(C)OC(=O)N1CCN(c2ccc3cc(O)ccc3c2)CC1. The minimum atomic E-state index is -0.460. The maximum Gasteiger partial charge on any atom is 0.410 e. The molecule has 5 heteroatoms. The zero-order valence-electron chi connectivity index (χ0n) is 14.5. The number of rotatable bonds is 1. The Kier molecular flexibility index (Phi) is 4.26. The summed E-state index contributed by atoms with van der Waals surface area (Å²) in [4.78, 5) is 16.2. The van der Waals surface area contributed by atoms with Crippen LogP contribution in [-0.2, 0) is 4.74 Å². The molecule has 3 rings (SSSR count). The van der Waals surface area contributed by atoms with E-state index in [0.717, 1.165) is 29.5 Å². The zero-order chi connectivity index (χ0) is 17.3. The van der Waals surface area contributed by atoms with E-state index >= 15 is 0 Å². The minimum Gasteiger partial charge on any atom is -0.508 e. The lowest BCUT2D eigenvalue weighted by Crippen LogP contribution is -2.50. The molecule has 0 saturated carbocycles. The molecule has 0 aliphatic carbocycles. The molecule has 128 valence electrons. The highest BCUT2D eigenvalue weighted by Gasteiger charge is 2.25. The van der Waals surface area contributed by atoms with Crippen molar-refractivity contribution in [1.82, 2.24) is 4.90 Å². The lowest BCUT2D eigenvalue weighted by molar-refractivity contribution is 0.0240. The second-order valence-corrected chi connectivity index (χ2v) is 7.17. The molecule has 0 spiro atoms. The van der Waals surface area contributed by atoms with Gasteiger partial charge in [-0.1, -0.05) is 12.1 Å². The molecule has 2 aromatic rings. The molecular weight excluding hydrogens is 304 g/mol. The van der Waals surface area contributed by atoms with E-state index in [-0.39, 0.29) is 11.8 Å². The van der Waals surface area contributed by atoms with Gasteiger partial charge in [0.25, 0.3) is 0 Å². The van der Waals surface area contributed by atoms with Crippen LogP contribution in [0.1, 0.15) is 20.8 Å². The first-order chi connectivity index (χ1) is 11.3. The van der Waals surface area contributed by atoms with Gasteiger partial charge in [0.15, 0.2) is 0 Å². The standard InChI is InChI=1S/C19H24N2O3/c1-19(2,3)24-18(23)21-10-8-20(9-11-21)16-6-4-15-13-17(22)7-5-14(15)12-16/h4-7,12-13,22H,8-11H2,1-3H3. The highest BCUT2D eigenvalue weighted by atomic mass is 16.6. The molecule has 0 aromatic heterocycles. The molecule has 0 atom stereocenters. The van der Waals surface area contributed by atoms with Crippen LogP contribution < -0.4 is 4.90 Å². The van der Waals surface area contributed by atoms with Gasteiger partial charge in [-0.15, -0.1) is 0 Å². The number of nitrogens with zero attached hydrogens (tertiary/aromatic N) is 2. The summed E-state index contributed by atoms with van der Waals surface area (Å²) >= 11 is 0. The molecule has 1 N–H and O–H groups in total. The number of fused-ring (bicyclic) bond motifs is 1. The third kappa shape index (κ3) is 3.72. The van der Waals surface area contributed by atoms with Crippen LogP contribution in [0.4, 0.5) is 10.5 Å². The average molecular weight is 328 g/mol. The fourth-order valence-electron chi connectivity index (χ4n) is 2.89. The molecule has 0 bridgehead atoms. The van der Waals surface area contributed by atoms with Crippen molar-refractivity contribution in [2.24, 2.45) is 0 Å². The van der Waals surface area contributed by atoms with Crippen molar-refractivity contribution in [3.63, 3.8) is 0 Å². The summed E-state index contributed by atoms with van der Waals surface area (Å²) in [6, 6.07) is 11.6. The number of anilines is 1. The zero-order valence-corrected chi connectivity index (χ0v) is 14.5. The second-order valence-electron chi connectivity index (χ2n) is 7.17. The Bertz CT molecular complexity index is 744. The van der Waals surface area contributed by atoms with Crippen LogP contribution >= 0.6 is 0 Å². The summed E-state index contributed by atoms with van der Waals surface area (Å²) in [6.07, 6.45) is -0.240. The predicted molar refractivity (Wildman–Crippen MR) is 95.6 cm³/mol. The van der Waals surface area contributed by atoms with E-state index in [1.807, 2.05) is 32.9 Å². The van der Waals surface area contributed by atoms with Crippen LogP contribution in [0.3, 0.4) is 0 Å². The Morgan fingerprint density at radius 2 is 1.62 bits per heavy atom. The molecule has 2 aromatic carbocycles. The topological polar surface area (TPSA) is 53.0 Å². The van der Waals surface area contributed by atoms with E-state index in [1.54, 1.807) is 17.0 Å². The van der Waals surface area contributed by atoms with Crippen LogP contribution in [0, 0.1) is 0 Å². The third-order valence-electron chi connectivity index (χ3n) is 4.10. The number of phenolic OH excluding ortho intramolecular Hbond substituents is 1. The monoisotopic (exact) mass is 328 g/mol. The number of hydrogen-bond donors (Lipinski definition) is 1. The van der Waals surface area contributed by atoms with Gasteiger partial charge in [-0.25, -0.2) is 4.79 Å². The molecule has 1 amide bonds. The summed E-state index contributed by atoms with van der Waals surface area (Å²) in [5.74, 6) is 0.279. The molecule has 1 saturated heterocycles. The van der Waals surface area contributed by atoms with Crippen molar-refractivity contribution in [1.29, 1.82) is 0 Å². The number of carbonyl (C=O) groups is 1. The van der Waals surface area contributed by atoms with Gasteiger partial charge in [-0.3, -0.25) is 0 Å². The number of benzene rings is 2. The van der Waals surface area contributed by atoms with Crippen molar-refractivity contribution in [3.05, 3.63) is 36.4 Å². The minimum absolute atomic E-state index is 0.240. The smallest absolute Gasteiger partial charge is 0.410 e. The van der Waals surface area contributed by atoms with Gasteiger partial charge in [0.1, 0.15) is 11.4 Å². The molecule has 1 fully saturated rings. The van der Waals surface area contributed by atoms with E-state index < -0.39 is 5.60 Å². The Balaban J connectivity index is 1.66. The molecule has 0 unspecified atom stereocenters. The first-order valence-electron chi connectivity index (χ1n) is 8.27. The molecule has 1 heterocycles. The summed E-state index contributed by atoms with van der Waals surface area (Å²) in [7, 11) is 0. The van der Waals surface area contributed by atoms with Crippen molar-refractivity contribution < 1.29 is 14.6 Å². The van der Waals surface area contributed by atoms with Crippen molar-refractivity contribution in [2.45, 2.75) is 26.4 Å². The molecular formula is C19H24N2O3. The summed E-state index contributed by atoms with van der Waals surface area (Å²) < 4.78 is 5.43. The number of aromatic hydroxyl groups is 1. The molecule has 5 nitrogen and oxygen atoms in total. The van der Waals surface area contributed by atoms with Gasteiger partial charge >= 0.3 is 6.09 Å². The van der Waals surface area contributed by atoms with E-state index in [2.05, 4.69) is 17.0 Å². The number of phenols is 1. The van der Waals surface area contributed by atoms with Crippen LogP contribution in [0.5, 0.6) is 5.75 Å². The Morgan fingerprint density at radius 1 is 1.00 bits per heavy atom. The fourth-order valence-corrected chi connectivity index (χ4v) is 2.89. The average Bonchev–Trinajstić information content (AvgIpc) is 2.53. The molecule has 1 aliphatic rings. The normalized spacial score (nSPS) is 15.6. The number of hydrogen-bond acceptors (Lipinski definition) is 4. The number of piperazine rings is 1. The van der Waals surface area contributed by atoms with Crippen LogP contribution in [0.15, 0.2) is 36.4 Å². The highest BCUT2D eigenvalue weighted by Crippen LogP contribution is 2.26. The van der Waals surface area contributed by atoms with E-state index in [4.69, 9.17) is 4.74 Å². The largest absolute Gasteiger partial charge is 0.508 e. The molecule has 1 aliphatic heterocycles. The van der Waals surface area contributed by atoms with E-state index in [1.165, 1.54) is 0 Å². The van der Waals surface area contributed by atoms with Crippen LogP contribution in [-0.4, -0.2) is 47.9 Å². The summed E-state index contributed by atoms with van der Waals surface area (Å²) in [5, 5.41) is 11.7. The molecule has 24 heavy (non-hydrogen) atoms. The van der Waals surface area contributed by atoms with Gasteiger partial charge in [-0.05, 0) is 55.8 Å². The third-order valence-corrected chi connectivity index (χ3v) is 4.10. The summed E-state index contributed by atoms with van der Waals surface area (Å²) in [6.45, 7) is 8.52. The fraction of sp³-hybridized carbons (Fsp3) is 0.421. The second kappa shape index (κ2) is 6.23. The number of ether oxygens (including phenoxy) is 1. The Labute approximate surface area is 142 Å². The summed E-state index contributed by atoms with van der Waals surface area (Å²) in [5.41, 5.74) is 0.676. The van der Waals surface area contributed by atoms with Crippen molar-refractivity contribution in [3.8, 4) is 5.75 Å². The Hall–Kier alpha value is -2.43. The van der Waals surface area contributed by atoms with Crippen molar-refractivity contribution >= 4 is 22.6 Å². The van der Waals surface area contributed by atoms with Gasteiger partial charge in [-0.2, -0.15) is 0 Å². The van der Waals surface area contributed by atoms with Crippen LogP contribution in [0.25, 0.3) is 10.8 Å². The van der Waals surface area contributed by atoms with Crippen LogP contribution in [0.2, 0.25) is 0 Å². The lowest BCUT2D eigenvalue weighted by Gasteiger charge is -2.36. The van der Waals surface area contributed by atoms with E-state index in [9.17, 15) is 9.90 Å². The predicted octanol–water partition coefficient (Wildman–Crippen LogP) is 3.60. The first kappa shape index (κ1) is 16.4. The van der Waals surface area contributed by atoms with Gasteiger partial charge in [0.2, 0.25) is 0 Å². The van der Waals surface area contributed by atoms with Crippen molar-refractivity contribution in [2.75, 3.05) is 31.1 Å².